The molecule has 0 saturated carbocycles. The highest BCUT2D eigenvalue weighted by Gasteiger charge is 2.15. The van der Waals surface area contributed by atoms with E-state index in [0.29, 0.717) is 22.7 Å². The third-order valence-electron chi connectivity index (χ3n) is 3.38. The molecule has 1 heterocycles. The third-order valence-corrected chi connectivity index (χ3v) is 3.65. The van der Waals surface area contributed by atoms with Crippen LogP contribution in [0.25, 0.3) is 22.5 Å². The van der Waals surface area contributed by atoms with Crippen LogP contribution in [-0.2, 0) is 0 Å². The smallest absolute Gasteiger partial charge is 0.269 e. The maximum Gasteiger partial charge on any atom is 0.269 e. The van der Waals surface area contributed by atoms with E-state index < -0.39 is 4.92 Å². The van der Waals surface area contributed by atoms with Crippen molar-refractivity contribution < 1.29 is 14.2 Å². The molecule has 0 aliphatic carbocycles. The Kier molecular flexibility index (Phi) is 4.76. The van der Waals surface area contributed by atoms with Gasteiger partial charge in [-0.2, -0.15) is 4.98 Å². The lowest BCUT2D eigenvalue weighted by Gasteiger charge is -2.02. The van der Waals surface area contributed by atoms with Crippen LogP contribution in [0.3, 0.4) is 0 Å². The summed E-state index contributed by atoms with van der Waals surface area (Å²) in [5.74, 6) is 1.11. The van der Waals surface area contributed by atoms with Gasteiger partial charge < -0.3 is 9.26 Å². The Morgan fingerprint density at radius 1 is 1.24 bits per heavy atom. The summed E-state index contributed by atoms with van der Waals surface area (Å²) in [5.41, 5.74) is 1.36. The van der Waals surface area contributed by atoms with Crippen LogP contribution in [0, 0.1) is 10.1 Å². The molecule has 1 aromatic heterocycles. The molecule has 0 fully saturated rings. The molecule has 8 heteroatoms. The lowest BCUT2D eigenvalue weighted by atomic mass is 10.2. The van der Waals surface area contributed by atoms with Gasteiger partial charge in [-0.1, -0.05) is 28.9 Å². The van der Waals surface area contributed by atoms with Crippen LogP contribution in [0.15, 0.2) is 53.1 Å². The Balaban J connectivity index is 1.87. The summed E-state index contributed by atoms with van der Waals surface area (Å²) in [4.78, 5) is 14.5. The first-order valence-electron chi connectivity index (χ1n) is 7.17. The molecule has 0 unspecified atom stereocenters. The normalized spacial score (nSPS) is 11.4. The summed E-state index contributed by atoms with van der Waals surface area (Å²) in [6, 6.07) is 13.2. The summed E-state index contributed by atoms with van der Waals surface area (Å²) in [5, 5.41) is 14.8. The van der Waals surface area contributed by atoms with E-state index in [1.165, 1.54) is 12.1 Å². The minimum absolute atomic E-state index is 0.00419. The standard InChI is InChI=1S/C17H12ClN3O4/c1-24-15-5-3-2-4-13(15)16-19-17(25-20-16)14(18)10-11-6-8-12(9-7-11)21(22)23/h2-10H,1H3/b14-10-. The molecule has 0 saturated heterocycles. The molecule has 25 heavy (non-hydrogen) atoms. The van der Waals surface area contributed by atoms with Crippen LogP contribution in [0.5, 0.6) is 5.75 Å². The van der Waals surface area contributed by atoms with E-state index in [-0.39, 0.29) is 16.6 Å². The SMILES string of the molecule is COc1ccccc1-c1noc(/C(Cl)=C/c2ccc([N+](=O)[O-])cc2)n1. The number of benzene rings is 2. The summed E-state index contributed by atoms with van der Waals surface area (Å²) in [6.07, 6.45) is 1.59. The van der Waals surface area contributed by atoms with Gasteiger partial charge in [0.05, 0.1) is 17.6 Å². The van der Waals surface area contributed by atoms with Gasteiger partial charge in [0.25, 0.3) is 11.6 Å². The first-order valence-corrected chi connectivity index (χ1v) is 7.55. The van der Waals surface area contributed by atoms with Gasteiger partial charge in [-0.15, -0.1) is 0 Å². The number of ether oxygens (including phenoxy) is 1. The summed E-state index contributed by atoms with van der Waals surface area (Å²) >= 11 is 6.22. The highest BCUT2D eigenvalue weighted by Crippen LogP contribution is 2.29. The average molecular weight is 358 g/mol. The Labute approximate surface area is 147 Å². The minimum Gasteiger partial charge on any atom is -0.496 e. The quantitative estimate of drug-likeness (QED) is 0.496. The number of non-ortho nitro benzene ring substituents is 1. The van der Waals surface area contributed by atoms with Crippen molar-refractivity contribution in [2.45, 2.75) is 0 Å². The van der Waals surface area contributed by atoms with Crippen molar-refractivity contribution in [1.29, 1.82) is 0 Å². The van der Waals surface area contributed by atoms with E-state index in [0.717, 1.165) is 0 Å². The molecule has 0 bridgehead atoms. The predicted molar refractivity (Wildman–Crippen MR) is 93.1 cm³/mol. The molecule has 126 valence electrons. The van der Waals surface area contributed by atoms with E-state index in [1.807, 2.05) is 12.1 Å². The maximum absolute atomic E-state index is 10.7. The summed E-state index contributed by atoms with van der Waals surface area (Å²) in [6.45, 7) is 0. The van der Waals surface area contributed by atoms with Crippen molar-refractivity contribution in [3.63, 3.8) is 0 Å². The Morgan fingerprint density at radius 2 is 1.96 bits per heavy atom. The van der Waals surface area contributed by atoms with Gasteiger partial charge in [-0.3, -0.25) is 10.1 Å². The predicted octanol–water partition coefficient (Wildman–Crippen LogP) is 4.39. The van der Waals surface area contributed by atoms with E-state index in [2.05, 4.69) is 10.1 Å². The Morgan fingerprint density at radius 3 is 2.64 bits per heavy atom. The molecule has 2 aromatic carbocycles. The Bertz CT molecular complexity index is 935. The first-order chi connectivity index (χ1) is 12.1. The number of para-hydroxylation sites is 1. The molecular weight excluding hydrogens is 346 g/mol. The number of rotatable bonds is 5. The first kappa shape index (κ1) is 16.7. The van der Waals surface area contributed by atoms with Gasteiger partial charge in [0.1, 0.15) is 10.8 Å². The van der Waals surface area contributed by atoms with E-state index >= 15 is 0 Å². The van der Waals surface area contributed by atoms with Gasteiger partial charge in [-0.05, 0) is 35.9 Å². The maximum atomic E-state index is 10.7. The number of halogens is 1. The van der Waals surface area contributed by atoms with Crippen LogP contribution < -0.4 is 4.74 Å². The molecule has 3 rings (SSSR count). The highest BCUT2D eigenvalue weighted by atomic mass is 35.5. The molecular formula is C17H12ClN3O4. The molecule has 0 radical (unpaired) electrons. The summed E-state index contributed by atoms with van der Waals surface area (Å²) < 4.78 is 10.5. The van der Waals surface area contributed by atoms with Crippen molar-refractivity contribution in [3.8, 4) is 17.1 Å². The summed E-state index contributed by atoms with van der Waals surface area (Å²) in [7, 11) is 1.56. The fraction of sp³-hybridized carbons (Fsp3) is 0.0588. The van der Waals surface area contributed by atoms with Gasteiger partial charge in [0.2, 0.25) is 5.82 Å². The fourth-order valence-electron chi connectivity index (χ4n) is 2.16. The van der Waals surface area contributed by atoms with Gasteiger partial charge in [0.15, 0.2) is 0 Å². The zero-order valence-corrected chi connectivity index (χ0v) is 13.8. The van der Waals surface area contributed by atoms with Gasteiger partial charge in [0, 0.05) is 12.1 Å². The van der Waals surface area contributed by atoms with E-state index in [9.17, 15) is 10.1 Å². The van der Waals surface area contributed by atoms with Crippen LogP contribution in [0.4, 0.5) is 5.69 Å². The van der Waals surface area contributed by atoms with Gasteiger partial charge in [-0.25, -0.2) is 0 Å². The monoisotopic (exact) mass is 357 g/mol. The number of methoxy groups -OCH3 is 1. The van der Waals surface area contributed by atoms with Crippen molar-refractivity contribution >= 4 is 28.4 Å². The molecule has 0 aliphatic heterocycles. The van der Waals surface area contributed by atoms with Crippen molar-refractivity contribution in [3.05, 3.63) is 70.1 Å². The highest BCUT2D eigenvalue weighted by molar-refractivity contribution is 6.50. The molecule has 0 atom stereocenters. The number of nitro benzene ring substituents is 1. The number of hydrogen-bond acceptors (Lipinski definition) is 6. The third kappa shape index (κ3) is 3.67. The molecule has 3 aromatic rings. The molecule has 0 amide bonds. The molecule has 0 aliphatic rings. The second-order valence-corrected chi connectivity index (χ2v) is 5.37. The van der Waals surface area contributed by atoms with Crippen LogP contribution in [0.2, 0.25) is 0 Å². The average Bonchev–Trinajstić information content (AvgIpc) is 3.12. The van der Waals surface area contributed by atoms with E-state index in [1.54, 1.807) is 37.5 Å². The molecule has 0 spiro atoms. The number of nitrogens with zero attached hydrogens (tertiary/aromatic N) is 3. The second kappa shape index (κ2) is 7.14. The largest absolute Gasteiger partial charge is 0.496 e. The van der Waals surface area contributed by atoms with E-state index in [4.69, 9.17) is 20.9 Å². The zero-order chi connectivity index (χ0) is 17.8. The lowest BCUT2D eigenvalue weighted by molar-refractivity contribution is -0.384. The molecule has 7 nitrogen and oxygen atoms in total. The van der Waals surface area contributed by atoms with Crippen LogP contribution in [0.1, 0.15) is 11.5 Å². The fourth-order valence-corrected chi connectivity index (χ4v) is 2.36. The van der Waals surface area contributed by atoms with Crippen LogP contribution >= 0.6 is 11.6 Å². The Hall–Kier alpha value is -3.19. The zero-order valence-electron chi connectivity index (χ0n) is 13.0. The van der Waals surface area contributed by atoms with Crippen LogP contribution in [-0.4, -0.2) is 22.2 Å². The topological polar surface area (TPSA) is 91.3 Å². The van der Waals surface area contributed by atoms with Crippen molar-refractivity contribution in [2.75, 3.05) is 7.11 Å². The molecule has 0 N–H and O–H groups in total. The number of aromatic nitrogens is 2. The van der Waals surface area contributed by atoms with Crippen molar-refractivity contribution in [1.82, 2.24) is 10.1 Å². The van der Waals surface area contributed by atoms with Gasteiger partial charge >= 0.3 is 0 Å². The van der Waals surface area contributed by atoms with Crippen molar-refractivity contribution in [2.24, 2.45) is 0 Å². The number of nitro groups is 1. The second-order valence-electron chi connectivity index (χ2n) is 4.96. The minimum atomic E-state index is -0.466. The number of hydrogen-bond donors (Lipinski definition) is 0. The lowest BCUT2D eigenvalue weighted by Crippen LogP contribution is -1.89.